The lowest BCUT2D eigenvalue weighted by Gasteiger charge is -2.21. The van der Waals surface area contributed by atoms with E-state index in [1.165, 1.54) is 6.92 Å². The van der Waals surface area contributed by atoms with Crippen molar-refractivity contribution in [2.75, 3.05) is 12.0 Å². The number of hydrogen-bond acceptors (Lipinski definition) is 6. The second kappa shape index (κ2) is 10.6. The molecule has 0 saturated carbocycles. The molecule has 2 N–H and O–H groups in total. The zero-order valence-electron chi connectivity index (χ0n) is 16.2. The first kappa shape index (κ1) is 24.1. The van der Waals surface area contributed by atoms with Gasteiger partial charge in [0.25, 0.3) is 11.8 Å². The third kappa shape index (κ3) is 8.39. The Labute approximate surface area is 173 Å². The molecule has 0 radical (unpaired) electrons. The van der Waals surface area contributed by atoms with Crippen molar-refractivity contribution in [2.24, 2.45) is 0 Å². The number of esters is 1. The zero-order chi connectivity index (χ0) is 21.5. The lowest BCUT2D eigenvalue weighted by molar-refractivity contribution is -0.156. The standard InChI is InChI=1S/C18H25BrN2O6S/c1-11(2)20-16(22)12(3)27-18(24)15(9-10-28(4,25)26)21-17(23)13-7-5-6-8-14(13)19/h5-8,11-12,15H,9-10H2,1-4H3,(H,20,22)(H,21,23)/t12-,15+/m0/s1. The number of ether oxygens (including phenoxy) is 1. The average molecular weight is 477 g/mol. The van der Waals surface area contributed by atoms with Gasteiger partial charge in [-0.2, -0.15) is 0 Å². The predicted octanol–water partition coefficient (Wildman–Crippen LogP) is 1.44. The summed E-state index contributed by atoms with van der Waals surface area (Å²) in [6, 6.07) is 5.25. The highest BCUT2D eigenvalue weighted by Crippen LogP contribution is 2.16. The van der Waals surface area contributed by atoms with E-state index in [9.17, 15) is 22.8 Å². The second-order valence-corrected chi connectivity index (χ2v) is 9.78. The fourth-order valence-electron chi connectivity index (χ4n) is 2.17. The van der Waals surface area contributed by atoms with Crippen molar-refractivity contribution in [3.63, 3.8) is 0 Å². The van der Waals surface area contributed by atoms with Gasteiger partial charge in [-0.05, 0) is 55.3 Å². The van der Waals surface area contributed by atoms with Crippen molar-refractivity contribution in [2.45, 2.75) is 45.4 Å². The monoisotopic (exact) mass is 476 g/mol. The second-order valence-electron chi connectivity index (χ2n) is 6.67. The topological polar surface area (TPSA) is 119 Å². The summed E-state index contributed by atoms with van der Waals surface area (Å²) in [5, 5.41) is 5.10. The van der Waals surface area contributed by atoms with Gasteiger partial charge in [0.1, 0.15) is 15.9 Å². The van der Waals surface area contributed by atoms with Crippen LogP contribution in [0.1, 0.15) is 37.6 Å². The van der Waals surface area contributed by atoms with E-state index < -0.39 is 39.8 Å². The van der Waals surface area contributed by atoms with Crippen molar-refractivity contribution in [1.82, 2.24) is 10.6 Å². The number of carbonyl (C=O) groups excluding carboxylic acids is 3. The normalized spacial score (nSPS) is 13.5. The van der Waals surface area contributed by atoms with Crippen molar-refractivity contribution in [3.8, 4) is 0 Å². The summed E-state index contributed by atoms with van der Waals surface area (Å²) in [6.07, 6.45) is -0.230. The van der Waals surface area contributed by atoms with Crippen LogP contribution in [-0.4, -0.2) is 56.4 Å². The van der Waals surface area contributed by atoms with Gasteiger partial charge in [-0.3, -0.25) is 9.59 Å². The molecule has 8 nitrogen and oxygen atoms in total. The van der Waals surface area contributed by atoms with Gasteiger partial charge in [0, 0.05) is 16.8 Å². The maximum absolute atomic E-state index is 12.5. The van der Waals surface area contributed by atoms with Gasteiger partial charge in [0.05, 0.1) is 11.3 Å². The van der Waals surface area contributed by atoms with Gasteiger partial charge in [-0.25, -0.2) is 13.2 Å². The molecule has 1 aromatic carbocycles. The zero-order valence-corrected chi connectivity index (χ0v) is 18.6. The highest BCUT2D eigenvalue weighted by atomic mass is 79.9. The van der Waals surface area contributed by atoms with Crippen LogP contribution >= 0.6 is 15.9 Å². The molecule has 0 saturated heterocycles. The van der Waals surface area contributed by atoms with Crippen molar-refractivity contribution < 1.29 is 27.5 Å². The lowest BCUT2D eigenvalue weighted by atomic mass is 10.1. The first-order chi connectivity index (χ1) is 12.9. The minimum absolute atomic E-state index is 0.134. The number of benzene rings is 1. The van der Waals surface area contributed by atoms with E-state index >= 15 is 0 Å². The molecule has 0 heterocycles. The molecule has 0 spiro atoms. The average Bonchev–Trinajstić information content (AvgIpc) is 2.57. The minimum atomic E-state index is -3.37. The molecule has 0 aliphatic heterocycles. The molecule has 2 amide bonds. The van der Waals surface area contributed by atoms with E-state index in [-0.39, 0.29) is 23.8 Å². The smallest absolute Gasteiger partial charge is 0.329 e. The highest BCUT2D eigenvalue weighted by molar-refractivity contribution is 9.10. The summed E-state index contributed by atoms with van der Waals surface area (Å²) >= 11 is 3.25. The maximum atomic E-state index is 12.5. The van der Waals surface area contributed by atoms with Gasteiger partial charge in [-0.1, -0.05) is 12.1 Å². The summed E-state index contributed by atoms with van der Waals surface area (Å²) < 4.78 is 28.6. The van der Waals surface area contributed by atoms with Crippen LogP contribution in [0.5, 0.6) is 0 Å². The maximum Gasteiger partial charge on any atom is 0.329 e. The molecule has 0 aliphatic carbocycles. The van der Waals surface area contributed by atoms with Gasteiger partial charge < -0.3 is 15.4 Å². The molecule has 156 valence electrons. The molecular weight excluding hydrogens is 452 g/mol. The molecule has 0 aliphatic rings. The number of rotatable bonds is 9. The third-order valence-electron chi connectivity index (χ3n) is 3.58. The number of amides is 2. The number of halogens is 1. The van der Waals surface area contributed by atoms with Crippen molar-refractivity contribution >= 4 is 43.6 Å². The Morgan fingerprint density at radius 2 is 1.71 bits per heavy atom. The molecule has 0 unspecified atom stereocenters. The van der Waals surface area contributed by atoms with E-state index in [1.54, 1.807) is 38.1 Å². The van der Waals surface area contributed by atoms with Crippen LogP contribution in [0.3, 0.4) is 0 Å². The summed E-state index contributed by atoms with van der Waals surface area (Å²) in [6.45, 7) is 4.93. The van der Waals surface area contributed by atoms with E-state index in [0.717, 1.165) is 6.26 Å². The van der Waals surface area contributed by atoms with Gasteiger partial charge in [0.15, 0.2) is 6.10 Å². The summed E-state index contributed by atoms with van der Waals surface area (Å²) in [4.78, 5) is 36.9. The van der Waals surface area contributed by atoms with Crippen LogP contribution in [-0.2, 0) is 24.2 Å². The molecule has 10 heteroatoms. The molecule has 28 heavy (non-hydrogen) atoms. The molecule has 0 fully saturated rings. The Balaban J connectivity index is 2.92. The Bertz CT molecular complexity index is 825. The molecule has 0 aromatic heterocycles. The Morgan fingerprint density at radius 3 is 2.25 bits per heavy atom. The third-order valence-corrected chi connectivity index (χ3v) is 5.25. The van der Waals surface area contributed by atoms with Gasteiger partial charge in [-0.15, -0.1) is 0 Å². The van der Waals surface area contributed by atoms with Crippen LogP contribution in [0.4, 0.5) is 0 Å². The van der Waals surface area contributed by atoms with Crippen LogP contribution in [0.25, 0.3) is 0 Å². The van der Waals surface area contributed by atoms with Gasteiger partial charge >= 0.3 is 5.97 Å². The number of sulfone groups is 1. The largest absolute Gasteiger partial charge is 0.451 e. The molecule has 2 atom stereocenters. The Kier molecular flexibility index (Phi) is 9.09. The van der Waals surface area contributed by atoms with Crippen LogP contribution in [0, 0.1) is 0 Å². The number of nitrogens with one attached hydrogen (secondary N) is 2. The summed E-state index contributed by atoms with van der Waals surface area (Å²) in [7, 11) is -3.37. The molecule has 0 bridgehead atoms. The lowest BCUT2D eigenvalue weighted by Crippen LogP contribution is -2.46. The molecule has 1 aromatic rings. The van der Waals surface area contributed by atoms with E-state index in [0.29, 0.717) is 4.47 Å². The van der Waals surface area contributed by atoms with Gasteiger partial charge in [0.2, 0.25) is 0 Å². The molecule has 1 rings (SSSR count). The molecular formula is C18H25BrN2O6S. The minimum Gasteiger partial charge on any atom is -0.451 e. The van der Waals surface area contributed by atoms with Crippen molar-refractivity contribution in [1.29, 1.82) is 0 Å². The Morgan fingerprint density at radius 1 is 1.11 bits per heavy atom. The fourth-order valence-corrected chi connectivity index (χ4v) is 3.30. The highest BCUT2D eigenvalue weighted by Gasteiger charge is 2.28. The van der Waals surface area contributed by atoms with E-state index in [2.05, 4.69) is 26.6 Å². The predicted molar refractivity (Wildman–Crippen MR) is 109 cm³/mol. The summed E-state index contributed by atoms with van der Waals surface area (Å²) in [5.41, 5.74) is 0.283. The quantitative estimate of drug-likeness (QED) is 0.520. The number of carbonyl (C=O) groups is 3. The van der Waals surface area contributed by atoms with Crippen LogP contribution in [0.2, 0.25) is 0 Å². The van der Waals surface area contributed by atoms with E-state index in [1.807, 2.05) is 0 Å². The first-order valence-electron chi connectivity index (χ1n) is 8.64. The Hall–Kier alpha value is -1.94. The van der Waals surface area contributed by atoms with Crippen LogP contribution in [0.15, 0.2) is 28.7 Å². The SMILES string of the molecule is CC(C)NC(=O)[C@H](C)OC(=O)[C@@H](CCS(C)(=O)=O)NC(=O)c1ccccc1Br. The van der Waals surface area contributed by atoms with E-state index in [4.69, 9.17) is 4.74 Å². The van der Waals surface area contributed by atoms with Crippen molar-refractivity contribution in [3.05, 3.63) is 34.3 Å². The number of hydrogen-bond donors (Lipinski definition) is 2. The summed E-state index contributed by atoms with van der Waals surface area (Å²) in [5.74, 6) is -2.25. The van der Waals surface area contributed by atoms with Crippen LogP contribution < -0.4 is 10.6 Å². The fraction of sp³-hybridized carbons (Fsp3) is 0.500. The first-order valence-corrected chi connectivity index (χ1v) is 11.5.